The summed E-state index contributed by atoms with van der Waals surface area (Å²) in [6, 6.07) is 3.62. The lowest BCUT2D eigenvalue weighted by molar-refractivity contribution is -0.128. The highest BCUT2D eigenvalue weighted by Gasteiger charge is 2.34. The van der Waals surface area contributed by atoms with Crippen molar-refractivity contribution in [2.24, 2.45) is 0 Å². The number of pyridine rings is 2. The van der Waals surface area contributed by atoms with E-state index >= 15 is 0 Å². The fourth-order valence-corrected chi connectivity index (χ4v) is 5.35. The zero-order valence-electron chi connectivity index (χ0n) is 22.5. The second-order valence-corrected chi connectivity index (χ2v) is 10.6. The van der Waals surface area contributed by atoms with Crippen LogP contribution in [0.4, 0.5) is 5.82 Å². The van der Waals surface area contributed by atoms with Gasteiger partial charge in [0.05, 0.1) is 27.5 Å². The van der Waals surface area contributed by atoms with E-state index in [-0.39, 0.29) is 23.9 Å². The van der Waals surface area contributed by atoms with Crippen molar-refractivity contribution in [1.82, 2.24) is 24.4 Å². The molecule has 1 fully saturated rings. The monoisotopic (exact) mass is 522 g/mol. The highest BCUT2D eigenvalue weighted by Crippen LogP contribution is 2.33. The molecule has 196 valence electrons. The fourth-order valence-electron chi connectivity index (χ4n) is 5.11. The molecule has 1 aliphatic rings. The van der Waals surface area contributed by atoms with Crippen LogP contribution in [-0.2, 0) is 11.2 Å². The van der Waals surface area contributed by atoms with Gasteiger partial charge in [-0.15, -0.1) is 0 Å². The van der Waals surface area contributed by atoms with Crippen molar-refractivity contribution >= 4 is 34.4 Å². The molecule has 0 saturated carbocycles. The molecule has 4 rings (SSSR count). The smallest absolute Gasteiger partial charge is 0.349 e. The molecule has 1 aliphatic heterocycles. The number of amides is 1. The van der Waals surface area contributed by atoms with E-state index in [1.807, 2.05) is 32.9 Å². The van der Waals surface area contributed by atoms with Gasteiger partial charge in [0.15, 0.2) is 5.65 Å². The summed E-state index contributed by atoms with van der Waals surface area (Å²) in [4.78, 5) is 44.3. The van der Waals surface area contributed by atoms with Crippen LogP contribution >= 0.6 is 11.6 Å². The molecule has 3 aromatic heterocycles. The third kappa shape index (κ3) is 4.87. The van der Waals surface area contributed by atoms with Crippen LogP contribution in [0.5, 0.6) is 0 Å². The number of anilines is 1. The second-order valence-electron chi connectivity index (χ2n) is 10.2. The van der Waals surface area contributed by atoms with Crippen LogP contribution in [0.25, 0.3) is 16.7 Å². The first-order valence-electron chi connectivity index (χ1n) is 12.9. The highest BCUT2D eigenvalue weighted by atomic mass is 35.5. The van der Waals surface area contributed by atoms with Gasteiger partial charge in [-0.3, -0.25) is 9.78 Å². The first-order chi connectivity index (χ1) is 17.6. The molecular formula is C28H35ClN6O2. The Morgan fingerprint density at radius 2 is 1.97 bits per heavy atom. The second kappa shape index (κ2) is 10.6. The Morgan fingerprint density at radius 1 is 1.24 bits per heavy atom. The maximum absolute atomic E-state index is 13.8. The Kier molecular flexibility index (Phi) is 7.69. The standard InChI is InChI=1S/C28H35ClN6O2/c1-8-10-22-21(29)13-20-26(34-15-18(6)33(14-19(34)7)23(36)9-2)32-28(37)35(27(20)31-22)25-17(5)11-12-30-24(25)16(3)4/h9,11-13,16,18-19H,2,8,10,14-15H2,1,3-7H3. The molecule has 0 spiro atoms. The number of carbonyl (C=O) groups excluding carboxylic acids is 1. The number of hydrogen-bond acceptors (Lipinski definition) is 6. The number of carbonyl (C=O) groups is 1. The number of piperazine rings is 1. The minimum Gasteiger partial charge on any atom is -0.349 e. The molecule has 1 amide bonds. The van der Waals surface area contributed by atoms with Crippen LogP contribution in [0.2, 0.25) is 5.02 Å². The summed E-state index contributed by atoms with van der Waals surface area (Å²) in [6.07, 6.45) is 4.68. The van der Waals surface area contributed by atoms with Crippen LogP contribution in [-0.4, -0.2) is 55.5 Å². The van der Waals surface area contributed by atoms with Crippen LogP contribution in [0.15, 0.2) is 35.8 Å². The lowest BCUT2D eigenvalue weighted by Gasteiger charge is -2.44. The lowest BCUT2D eigenvalue weighted by atomic mass is 10.0. The van der Waals surface area contributed by atoms with Crippen LogP contribution < -0.4 is 10.6 Å². The van der Waals surface area contributed by atoms with Crippen molar-refractivity contribution in [3.63, 3.8) is 0 Å². The van der Waals surface area contributed by atoms with Crippen LogP contribution in [0.1, 0.15) is 63.9 Å². The summed E-state index contributed by atoms with van der Waals surface area (Å²) in [6.45, 7) is 16.8. The minimum absolute atomic E-state index is 0.0773. The van der Waals surface area contributed by atoms with Gasteiger partial charge < -0.3 is 9.80 Å². The maximum Gasteiger partial charge on any atom is 0.355 e. The van der Waals surface area contributed by atoms with Gasteiger partial charge in [-0.2, -0.15) is 4.98 Å². The number of fused-ring (bicyclic) bond motifs is 1. The topological polar surface area (TPSA) is 84.2 Å². The molecule has 9 heteroatoms. The van der Waals surface area contributed by atoms with E-state index in [1.165, 1.54) is 6.08 Å². The normalized spacial score (nSPS) is 18.1. The van der Waals surface area contributed by atoms with E-state index in [0.29, 0.717) is 47.1 Å². The van der Waals surface area contributed by atoms with Gasteiger partial charge in [-0.25, -0.2) is 14.3 Å². The number of nitrogens with zero attached hydrogens (tertiary/aromatic N) is 6. The minimum atomic E-state index is -0.415. The number of rotatable bonds is 6. The van der Waals surface area contributed by atoms with Gasteiger partial charge >= 0.3 is 5.69 Å². The van der Waals surface area contributed by atoms with Gasteiger partial charge in [0.1, 0.15) is 5.82 Å². The maximum atomic E-state index is 13.8. The molecule has 0 N–H and O–H groups in total. The summed E-state index contributed by atoms with van der Waals surface area (Å²) in [7, 11) is 0. The quantitative estimate of drug-likeness (QED) is 0.431. The van der Waals surface area contributed by atoms with Crippen LogP contribution in [0.3, 0.4) is 0 Å². The Bertz CT molecular complexity index is 1420. The summed E-state index contributed by atoms with van der Waals surface area (Å²) in [5.41, 5.74) is 3.30. The molecule has 0 radical (unpaired) electrons. The molecule has 4 heterocycles. The van der Waals surface area contributed by atoms with Crippen molar-refractivity contribution in [2.75, 3.05) is 18.0 Å². The molecule has 0 aromatic carbocycles. The van der Waals surface area contributed by atoms with E-state index in [2.05, 4.69) is 42.2 Å². The molecule has 0 aliphatic carbocycles. The molecule has 2 atom stereocenters. The summed E-state index contributed by atoms with van der Waals surface area (Å²) in [5, 5.41) is 1.25. The molecule has 0 bridgehead atoms. The number of halogens is 1. The predicted octanol–water partition coefficient (Wildman–Crippen LogP) is 4.83. The Morgan fingerprint density at radius 3 is 2.62 bits per heavy atom. The molecule has 2 unspecified atom stereocenters. The number of hydrogen-bond donors (Lipinski definition) is 0. The van der Waals surface area contributed by atoms with Crippen molar-refractivity contribution in [3.05, 3.63) is 63.4 Å². The van der Waals surface area contributed by atoms with E-state index in [4.69, 9.17) is 16.6 Å². The van der Waals surface area contributed by atoms with Crippen molar-refractivity contribution in [3.8, 4) is 5.69 Å². The summed E-state index contributed by atoms with van der Waals surface area (Å²) >= 11 is 6.72. The average Bonchev–Trinajstić information content (AvgIpc) is 2.85. The van der Waals surface area contributed by atoms with Gasteiger partial charge in [-0.1, -0.05) is 45.4 Å². The summed E-state index contributed by atoms with van der Waals surface area (Å²) < 4.78 is 1.59. The van der Waals surface area contributed by atoms with Gasteiger partial charge in [0.25, 0.3) is 0 Å². The zero-order valence-corrected chi connectivity index (χ0v) is 23.2. The van der Waals surface area contributed by atoms with Gasteiger partial charge in [0, 0.05) is 31.4 Å². The SMILES string of the molecule is C=CC(=O)N1CC(C)N(c2nc(=O)n(-c3c(C)ccnc3C(C)C)c3nc(CCC)c(Cl)cc23)CC1C. The lowest BCUT2D eigenvalue weighted by Crippen LogP contribution is -2.58. The third-order valence-electron chi connectivity index (χ3n) is 7.00. The summed E-state index contributed by atoms with van der Waals surface area (Å²) in [5.74, 6) is 0.524. The van der Waals surface area contributed by atoms with E-state index in [9.17, 15) is 9.59 Å². The van der Waals surface area contributed by atoms with Crippen molar-refractivity contribution in [1.29, 1.82) is 0 Å². The highest BCUT2D eigenvalue weighted by molar-refractivity contribution is 6.32. The Balaban J connectivity index is 2.00. The Labute approximate surface area is 223 Å². The molecular weight excluding hydrogens is 488 g/mol. The van der Waals surface area contributed by atoms with Crippen LogP contribution in [0, 0.1) is 6.92 Å². The van der Waals surface area contributed by atoms with Gasteiger partial charge in [0.2, 0.25) is 5.91 Å². The number of aryl methyl sites for hydroxylation is 2. The first kappa shape index (κ1) is 26.8. The fraction of sp³-hybridized carbons (Fsp3) is 0.464. The predicted molar refractivity (Wildman–Crippen MR) is 149 cm³/mol. The largest absolute Gasteiger partial charge is 0.355 e. The average molecular weight is 523 g/mol. The van der Waals surface area contributed by atoms with E-state index in [0.717, 1.165) is 23.4 Å². The van der Waals surface area contributed by atoms with Gasteiger partial charge in [-0.05, 0) is 56.9 Å². The molecule has 1 saturated heterocycles. The van der Waals surface area contributed by atoms with Crippen molar-refractivity contribution in [2.45, 2.75) is 72.4 Å². The first-order valence-corrected chi connectivity index (χ1v) is 13.2. The van der Waals surface area contributed by atoms with E-state index in [1.54, 1.807) is 15.7 Å². The van der Waals surface area contributed by atoms with E-state index < -0.39 is 5.69 Å². The molecule has 37 heavy (non-hydrogen) atoms. The van der Waals surface area contributed by atoms with Crippen molar-refractivity contribution < 1.29 is 4.79 Å². The number of aromatic nitrogens is 4. The zero-order chi connectivity index (χ0) is 27.0. The molecule has 3 aromatic rings. The third-order valence-corrected chi connectivity index (χ3v) is 7.33. The molecule has 8 nitrogen and oxygen atoms in total. The Hall–Kier alpha value is -3.26.